The molecule has 0 aliphatic carbocycles. The third-order valence-corrected chi connectivity index (χ3v) is 5.61. The van der Waals surface area contributed by atoms with Crippen molar-refractivity contribution in [3.63, 3.8) is 0 Å². The molecule has 2 N–H and O–H groups in total. The van der Waals surface area contributed by atoms with E-state index >= 15 is 0 Å². The van der Waals surface area contributed by atoms with Crippen molar-refractivity contribution < 1.29 is 9.84 Å². The molecule has 1 heterocycles. The molecule has 0 saturated heterocycles. The number of nitrogens with zero attached hydrogens (tertiary/aromatic N) is 2. The number of ether oxygens (including phenoxy) is 1. The van der Waals surface area contributed by atoms with E-state index in [9.17, 15) is 5.11 Å². The van der Waals surface area contributed by atoms with Crippen LogP contribution in [0.4, 0.5) is 10.8 Å². The highest BCUT2D eigenvalue weighted by atomic mass is 32.2. The molecular weight excluding hydrogens is 366 g/mol. The lowest BCUT2D eigenvalue weighted by Crippen LogP contribution is -2.17. The van der Waals surface area contributed by atoms with Crippen LogP contribution in [-0.2, 0) is 11.3 Å². The molecular formula is C19H21N3O2S2. The quantitative estimate of drug-likeness (QED) is 0.535. The van der Waals surface area contributed by atoms with Crippen LogP contribution in [0, 0.1) is 6.92 Å². The fourth-order valence-corrected chi connectivity index (χ4v) is 3.97. The van der Waals surface area contributed by atoms with Gasteiger partial charge in [-0.25, -0.2) is 0 Å². The number of aliphatic hydroxyl groups is 1. The van der Waals surface area contributed by atoms with E-state index in [0.717, 1.165) is 20.7 Å². The van der Waals surface area contributed by atoms with Gasteiger partial charge in [0.05, 0.1) is 19.3 Å². The van der Waals surface area contributed by atoms with Gasteiger partial charge in [-0.05, 0) is 30.2 Å². The molecule has 136 valence electrons. The van der Waals surface area contributed by atoms with Crippen molar-refractivity contribution in [3.8, 4) is 0 Å². The minimum atomic E-state index is -0.541. The van der Waals surface area contributed by atoms with E-state index in [-0.39, 0.29) is 0 Å². The lowest BCUT2D eigenvalue weighted by Gasteiger charge is -2.10. The van der Waals surface area contributed by atoms with E-state index in [1.165, 1.54) is 28.7 Å². The van der Waals surface area contributed by atoms with E-state index in [2.05, 4.69) is 21.6 Å². The Labute approximate surface area is 161 Å². The summed E-state index contributed by atoms with van der Waals surface area (Å²) >= 11 is 2.96. The molecule has 3 rings (SSSR count). The number of thioether (sulfide) groups is 1. The third-order valence-electron chi connectivity index (χ3n) is 3.50. The molecule has 0 amide bonds. The van der Waals surface area contributed by atoms with E-state index in [4.69, 9.17) is 4.74 Å². The molecule has 3 aromatic rings. The normalized spacial score (nSPS) is 12.1. The fourth-order valence-electron chi connectivity index (χ4n) is 2.27. The van der Waals surface area contributed by atoms with Gasteiger partial charge in [0.1, 0.15) is 0 Å². The van der Waals surface area contributed by atoms with Crippen LogP contribution in [0.25, 0.3) is 0 Å². The molecule has 0 spiro atoms. The number of aryl methyl sites for hydroxylation is 1. The maximum atomic E-state index is 10.1. The largest absolute Gasteiger partial charge is 0.390 e. The van der Waals surface area contributed by atoms with E-state index in [1.807, 2.05) is 55.5 Å². The van der Waals surface area contributed by atoms with E-state index in [1.54, 1.807) is 0 Å². The summed E-state index contributed by atoms with van der Waals surface area (Å²) in [7, 11) is 0. The molecule has 0 radical (unpaired) electrons. The van der Waals surface area contributed by atoms with Gasteiger partial charge in [-0.15, -0.1) is 10.2 Å². The zero-order valence-electron chi connectivity index (χ0n) is 14.5. The highest BCUT2D eigenvalue weighted by molar-refractivity contribution is 8.01. The Bertz CT molecular complexity index is 811. The van der Waals surface area contributed by atoms with Crippen LogP contribution >= 0.6 is 23.1 Å². The van der Waals surface area contributed by atoms with E-state index < -0.39 is 6.10 Å². The number of aromatic nitrogens is 2. The molecule has 0 fully saturated rings. The second-order valence-electron chi connectivity index (χ2n) is 5.83. The van der Waals surface area contributed by atoms with Crippen LogP contribution < -0.4 is 5.32 Å². The number of anilines is 2. The number of aliphatic hydroxyl groups excluding tert-OH is 1. The van der Waals surface area contributed by atoms with E-state index in [0.29, 0.717) is 19.0 Å². The predicted molar refractivity (Wildman–Crippen MR) is 107 cm³/mol. The minimum absolute atomic E-state index is 0.301. The Morgan fingerprint density at radius 2 is 2.00 bits per heavy atom. The van der Waals surface area contributed by atoms with Gasteiger partial charge in [-0.3, -0.25) is 0 Å². The van der Waals surface area contributed by atoms with Gasteiger partial charge in [-0.2, -0.15) is 0 Å². The smallest absolute Gasteiger partial charge is 0.210 e. The highest BCUT2D eigenvalue weighted by Crippen LogP contribution is 2.28. The molecule has 0 bridgehead atoms. The van der Waals surface area contributed by atoms with Gasteiger partial charge in [0, 0.05) is 11.4 Å². The molecule has 0 aliphatic heterocycles. The summed E-state index contributed by atoms with van der Waals surface area (Å²) in [4.78, 5) is 0. The second kappa shape index (κ2) is 9.68. The maximum Gasteiger partial charge on any atom is 0.210 e. The zero-order valence-corrected chi connectivity index (χ0v) is 16.1. The van der Waals surface area contributed by atoms with Crippen LogP contribution in [0.2, 0.25) is 0 Å². The molecule has 2 aromatic carbocycles. The number of rotatable bonds is 9. The summed E-state index contributed by atoms with van der Waals surface area (Å²) in [6.45, 7) is 2.86. The summed E-state index contributed by atoms with van der Waals surface area (Å²) in [6, 6.07) is 18.0. The topological polar surface area (TPSA) is 67.3 Å². The summed E-state index contributed by atoms with van der Waals surface area (Å²) in [6.07, 6.45) is -0.541. The summed E-state index contributed by atoms with van der Waals surface area (Å²) in [5.41, 5.74) is 3.28. The van der Waals surface area contributed by atoms with Crippen LogP contribution in [0.3, 0.4) is 0 Å². The molecule has 0 saturated carbocycles. The second-order valence-corrected chi connectivity index (χ2v) is 8.08. The van der Waals surface area contributed by atoms with Crippen LogP contribution in [-0.4, -0.2) is 33.8 Å². The van der Waals surface area contributed by atoms with Crippen LogP contribution in [0.1, 0.15) is 11.1 Å². The average Bonchev–Trinajstić information content (AvgIpc) is 3.08. The standard InChI is InChI=1S/C19H21N3O2S2/c1-14-6-5-9-16(10-14)20-18-21-22-19(26-18)25-13-17(23)12-24-11-15-7-3-2-4-8-15/h2-10,17,23H,11-13H2,1H3,(H,20,21). The molecule has 26 heavy (non-hydrogen) atoms. The van der Waals surface area contributed by atoms with Gasteiger partial charge >= 0.3 is 0 Å². The van der Waals surface area contributed by atoms with Crippen molar-refractivity contribution in [1.82, 2.24) is 10.2 Å². The Morgan fingerprint density at radius 3 is 2.81 bits per heavy atom. The number of hydrogen-bond donors (Lipinski definition) is 2. The van der Waals surface area contributed by atoms with Crippen LogP contribution in [0.15, 0.2) is 58.9 Å². The first kappa shape index (κ1) is 18.8. The van der Waals surface area contributed by atoms with Gasteiger partial charge in [-0.1, -0.05) is 65.6 Å². The molecule has 1 aromatic heterocycles. The fraction of sp³-hybridized carbons (Fsp3) is 0.263. The van der Waals surface area contributed by atoms with Crippen molar-refractivity contribution in [3.05, 3.63) is 65.7 Å². The molecule has 0 aliphatic rings. The Kier molecular flexibility index (Phi) is 7.02. The van der Waals surface area contributed by atoms with Gasteiger partial charge in [0.15, 0.2) is 4.34 Å². The van der Waals surface area contributed by atoms with Crippen molar-refractivity contribution >= 4 is 33.9 Å². The first-order valence-corrected chi connectivity index (χ1v) is 10.1. The number of benzene rings is 2. The van der Waals surface area contributed by atoms with Crippen molar-refractivity contribution in [2.45, 2.75) is 24.0 Å². The highest BCUT2D eigenvalue weighted by Gasteiger charge is 2.10. The molecule has 1 unspecified atom stereocenters. The lowest BCUT2D eigenvalue weighted by atomic mass is 10.2. The number of nitrogens with one attached hydrogen (secondary N) is 1. The monoisotopic (exact) mass is 387 g/mol. The first-order valence-electron chi connectivity index (χ1n) is 8.29. The SMILES string of the molecule is Cc1cccc(Nc2nnc(SCC(O)COCc3ccccc3)s2)c1. The molecule has 7 heteroatoms. The Hall–Kier alpha value is -1.93. The summed E-state index contributed by atoms with van der Waals surface area (Å²) in [5, 5.41) is 22.3. The first-order chi connectivity index (χ1) is 12.7. The summed E-state index contributed by atoms with van der Waals surface area (Å²) < 4.78 is 6.38. The van der Waals surface area contributed by atoms with Crippen molar-refractivity contribution in [2.75, 3.05) is 17.7 Å². The minimum Gasteiger partial charge on any atom is -0.390 e. The molecule has 1 atom stereocenters. The maximum absolute atomic E-state index is 10.1. The van der Waals surface area contributed by atoms with Crippen molar-refractivity contribution in [2.24, 2.45) is 0 Å². The predicted octanol–water partition coefficient (Wildman–Crippen LogP) is 4.26. The van der Waals surface area contributed by atoms with Crippen LogP contribution in [0.5, 0.6) is 0 Å². The van der Waals surface area contributed by atoms with Gasteiger partial charge in [0.25, 0.3) is 0 Å². The molecule has 5 nitrogen and oxygen atoms in total. The number of hydrogen-bond acceptors (Lipinski definition) is 7. The average molecular weight is 388 g/mol. The van der Waals surface area contributed by atoms with Crippen molar-refractivity contribution in [1.29, 1.82) is 0 Å². The van der Waals surface area contributed by atoms with Gasteiger partial charge < -0.3 is 15.2 Å². The third kappa shape index (κ3) is 6.10. The Morgan fingerprint density at radius 1 is 1.15 bits per heavy atom. The lowest BCUT2D eigenvalue weighted by molar-refractivity contribution is 0.0398. The van der Waals surface area contributed by atoms with Gasteiger partial charge in [0.2, 0.25) is 5.13 Å². The zero-order chi connectivity index (χ0) is 18.2. The summed E-state index contributed by atoms with van der Waals surface area (Å²) in [5.74, 6) is 0.522. The Balaban J connectivity index is 1.40.